The molecule has 0 saturated carbocycles. The minimum Gasteiger partial charge on any atom is -0.452 e. The van der Waals surface area contributed by atoms with E-state index >= 15 is 0 Å². The van der Waals surface area contributed by atoms with Gasteiger partial charge >= 0.3 is 5.97 Å². The largest absolute Gasteiger partial charge is 0.452 e. The van der Waals surface area contributed by atoms with E-state index in [1.54, 1.807) is 19.9 Å². The Morgan fingerprint density at radius 2 is 1.70 bits per heavy atom. The Bertz CT molecular complexity index is 1140. The van der Waals surface area contributed by atoms with Crippen LogP contribution < -0.4 is 10.6 Å². The number of nitrogens with one attached hydrogen (secondary N) is 2. The van der Waals surface area contributed by atoms with E-state index in [2.05, 4.69) is 10.6 Å². The molecule has 2 aromatic rings. The first-order valence-corrected chi connectivity index (χ1v) is 11.8. The van der Waals surface area contributed by atoms with Crippen molar-refractivity contribution in [3.63, 3.8) is 0 Å². The summed E-state index contributed by atoms with van der Waals surface area (Å²) in [6.07, 6.45) is 0. The van der Waals surface area contributed by atoms with Crippen LogP contribution >= 0.6 is 0 Å². The molecule has 2 rings (SSSR count). The van der Waals surface area contributed by atoms with E-state index in [0.29, 0.717) is 5.69 Å². The molecule has 0 aliphatic carbocycles. The number of ether oxygens (including phenoxy) is 1. The summed E-state index contributed by atoms with van der Waals surface area (Å²) in [5.41, 5.74) is 2.60. The number of rotatable bonds is 9. The SMILES string of the molecule is Cc1cccc(NC(=O)CNC(=O)COC(=O)c2cccc(S(=O)(=O)N(C)C(C)C)c2)c1C. The predicted molar refractivity (Wildman–Crippen MR) is 124 cm³/mol. The zero-order valence-corrected chi connectivity index (χ0v) is 20.2. The number of hydrogen-bond donors (Lipinski definition) is 2. The van der Waals surface area contributed by atoms with Crippen LogP contribution in [0.4, 0.5) is 5.69 Å². The monoisotopic (exact) mass is 475 g/mol. The molecular formula is C23H29N3O6S. The second-order valence-electron chi connectivity index (χ2n) is 7.79. The molecule has 0 unspecified atom stereocenters. The first kappa shape index (κ1) is 26.0. The lowest BCUT2D eigenvalue weighted by Crippen LogP contribution is -2.35. The Kier molecular flexibility index (Phi) is 8.72. The van der Waals surface area contributed by atoms with E-state index < -0.39 is 34.4 Å². The van der Waals surface area contributed by atoms with Gasteiger partial charge in [-0.25, -0.2) is 13.2 Å². The molecule has 0 aromatic heterocycles. The molecule has 2 N–H and O–H groups in total. The van der Waals surface area contributed by atoms with Gasteiger partial charge in [-0.1, -0.05) is 18.2 Å². The highest BCUT2D eigenvalue weighted by molar-refractivity contribution is 7.89. The van der Waals surface area contributed by atoms with Crippen molar-refractivity contribution in [3.05, 3.63) is 59.2 Å². The molecule has 0 aliphatic heterocycles. The smallest absolute Gasteiger partial charge is 0.338 e. The topological polar surface area (TPSA) is 122 Å². The minimum atomic E-state index is -3.77. The summed E-state index contributed by atoms with van der Waals surface area (Å²) < 4.78 is 31.4. The maximum Gasteiger partial charge on any atom is 0.338 e. The van der Waals surface area contributed by atoms with Crippen molar-refractivity contribution in [2.24, 2.45) is 0 Å². The summed E-state index contributed by atoms with van der Waals surface area (Å²) in [6.45, 7) is 6.36. The second-order valence-corrected chi connectivity index (χ2v) is 9.79. The molecule has 178 valence electrons. The summed E-state index contributed by atoms with van der Waals surface area (Å²) >= 11 is 0. The van der Waals surface area contributed by atoms with E-state index in [-0.39, 0.29) is 23.0 Å². The lowest BCUT2D eigenvalue weighted by Gasteiger charge is -2.21. The predicted octanol–water partition coefficient (Wildman–Crippen LogP) is 2.24. The second kappa shape index (κ2) is 11.1. The van der Waals surface area contributed by atoms with E-state index in [4.69, 9.17) is 4.74 Å². The van der Waals surface area contributed by atoms with E-state index in [1.165, 1.54) is 35.6 Å². The van der Waals surface area contributed by atoms with Crippen LogP contribution in [0.25, 0.3) is 0 Å². The van der Waals surface area contributed by atoms with Gasteiger partial charge in [0.25, 0.3) is 5.91 Å². The number of hydrogen-bond acceptors (Lipinski definition) is 6. The molecule has 0 saturated heterocycles. The number of aryl methyl sites for hydroxylation is 1. The molecule has 0 radical (unpaired) electrons. The molecule has 33 heavy (non-hydrogen) atoms. The van der Waals surface area contributed by atoms with E-state index in [9.17, 15) is 22.8 Å². The maximum absolute atomic E-state index is 12.6. The fourth-order valence-corrected chi connectivity index (χ4v) is 4.17. The highest BCUT2D eigenvalue weighted by Crippen LogP contribution is 2.19. The Morgan fingerprint density at radius 3 is 2.36 bits per heavy atom. The summed E-state index contributed by atoms with van der Waals surface area (Å²) in [5, 5.41) is 5.09. The quantitative estimate of drug-likeness (QED) is 0.537. The third-order valence-corrected chi connectivity index (χ3v) is 7.16. The Labute approximate surface area is 194 Å². The van der Waals surface area contributed by atoms with Crippen molar-refractivity contribution in [1.29, 1.82) is 0 Å². The van der Waals surface area contributed by atoms with Crippen molar-refractivity contribution < 1.29 is 27.5 Å². The Morgan fingerprint density at radius 1 is 1.03 bits per heavy atom. The number of amides is 2. The van der Waals surface area contributed by atoms with Crippen LogP contribution in [-0.4, -0.2) is 56.7 Å². The molecule has 2 aromatic carbocycles. The van der Waals surface area contributed by atoms with Crippen LogP contribution in [0.5, 0.6) is 0 Å². The van der Waals surface area contributed by atoms with Crippen LogP contribution in [0.15, 0.2) is 47.4 Å². The van der Waals surface area contributed by atoms with Gasteiger partial charge in [0.2, 0.25) is 15.9 Å². The van der Waals surface area contributed by atoms with Gasteiger partial charge in [0.15, 0.2) is 6.61 Å². The average molecular weight is 476 g/mol. The summed E-state index contributed by atoms with van der Waals surface area (Å²) in [7, 11) is -2.32. The van der Waals surface area contributed by atoms with Crippen LogP contribution in [-0.2, 0) is 24.3 Å². The van der Waals surface area contributed by atoms with Gasteiger partial charge < -0.3 is 15.4 Å². The van der Waals surface area contributed by atoms with Crippen molar-refractivity contribution in [1.82, 2.24) is 9.62 Å². The number of carbonyl (C=O) groups is 3. The molecule has 0 bridgehead atoms. The average Bonchev–Trinajstić information content (AvgIpc) is 2.78. The van der Waals surface area contributed by atoms with Gasteiger partial charge in [-0.2, -0.15) is 4.31 Å². The number of anilines is 1. The van der Waals surface area contributed by atoms with Gasteiger partial charge in [0.05, 0.1) is 17.0 Å². The molecule has 0 atom stereocenters. The van der Waals surface area contributed by atoms with Gasteiger partial charge in [-0.3, -0.25) is 9.59 Å². The summed E-state index contributed by atoms with van der Waals surface area (Å²) in [5.74, 6) is -1.94. The molecular weight excluding hydrogens is 446 g/mol. The number of nitrogens with zero attached hydrogens (tertiary/aromatic N) is 1. The van der Waals surface area contributed by atoms with E-state index in [1.807, 2.05) is 26.0 Å². The molecule has 2 amide bonds. The molecule has 10 heteroatoms. The van der Waals surface area contributed by atoms with Crippen molar-refractivity contribution in [2.75, 3.05) is 25.5 Å². The minimum absolute atomic E-state index is 0.00584. The lowest BCUT2D eigenvalue weighted by atomic mass is 10.1. The first-order chi connectivity index (χ1) is 15.4. The highest BCUT2D eigenvalue weighted by atomic mass is 32.2. The molecule has 0 aliphatic rings. The zero-order chi connectivity index (χ0) is 24.8. The summed E-state index contributed by atoms with van der Waals surface area (Å²) in [6, 6.07) is 10.6. The van der Waals surface area contributed by atoms with Crippen LogP contribution in [0.3, 0.4) is 0 Å². The number of sulfonamides is 1. The fraction of sp³-hybridized carbons (Fsp3) is 0.348. The first-order valence-electron chi connectivity index (χ1n) is 10.3. The third-order valence-electron chi connectivity index (χ3n) is 5.13. The van der Waals surface area contributed by atoms with Gasteiger partial charge in [-0.05, 0) is 63.1 Å². The fourth-order valence-electron chi connectivity index (χ4n) is 2.75. The van der Waals surface area contributed by atoms with Crippen LogP contribution in [0.1, 0.15) is 35.3 Å². The van der Waals surface area contributed by atoms with Gasteiger partial charge in [0.1, 0.15) is 0 Å². The normalized spacial score (nSPS) is 11.4. The number of carbonyl (C=O) groups excluding carboxylic acids is 3. The van der Waals surface area contributed by atoms with Crippen LogP contribution in [0, 0.1) is 13.8 Å². The van der Waals surface area contributed by atoms with Crippen molar-refractivity contribution in [2.45, 2.75) is 38.6 Å². The number of benzene rings is 2. The third kappa shape index (κ3) is 6.87. The van der Waals surface area contributed by atoms with Crippen molar-refractivity contribution >= 4 is 33.5 Å². The van der Waals surface area contributed by atoms with Gasteiger partial charge in [-0.15, -0.1) is 0 Å². The van der Waals surface area contributed by atoms with Crippen LogP contribution in [0.2, 0.25) is 0 Å². The molecule has 0 fully saturated rings. The van der Waals surface area contributed by atoms with Gasteiger partial charge in [0, 0.05) is 18.8 Å². The van der Waals surface area contributed by atoms with E-state index in [0.717, 1.165) is 11.1 Å². The Balaban J connectivity index is 1.90. The summed E-state index contributed by atoms with van der Waals surface area (Å²) in [4.78, 5) is 36.3. The molecule has 0 heterocycles. The zero-order valence-electron chi connectivity index (χ0n) is 19.3. The standard InChI is InChI=1S/C23H29N3O6S/c1-15(2)26(5)33(30,31)19-10-7-9-18(12-19)23(29)32-14-22(28)24-13-21(27)25-20-11-6-8-16(3)17(20)4/h6-12,15H,13-14H2,1-5H3,(H,24,28)(H,25,27). The Hall–Kier alpha value is -3.24. The highest BCUT2D eigenvalue weighted by Gasteiger charge is 2.24. The molecule has 9 nitrogen and oxygen atoms in total. The molecule has 0 spiro atoms. The van der Waals surface area contributed by atoms with Crippen molar-refractivity contribution in [3.8, 4) is 0 Å². The maximum atomic E-state index is 12.6. The lowest BCUT2D eigenvalue weighted by molar-refractivity contribution is -0.126. The number of esters is 1.